The van der Waals surface area contributed by atoms with Gasteiger partial charge in [0, 0.05) is 6.61 Å². The number of unbranched alkanes of at least 4 members (excludes halogenated alkanes) is 10. The van der Waals surface area contributed by atoms with Crippen LogP contribution >= 0.6 is 0 Å². The molecule has 0 aromatic carbocycles. The highest BCUT2D eigenvalue weighted by molar-refractivity contribution is 4.48. The maximum atomic E-state index is 8.59. The largest absolute Gasteiger partial charge is 0.394 e. The van der Waals surface area contributed by atoms with E-state index in [0.29, 0.717) is 152 Å². The lowest BCUT2D eigenvalue weighted by molar-refractivity contribution is -0.0286. The third-order valence-electron chi connectivity index (χ3n) is 7.22. The van der Waals surface area contributed by atoms with Crippen LogP contribution in [0.15, 0.2) is 0 Å². The third-order valence-corrected chi connectivity index (χ3v) is 7.22. The van der Waals surface area contributed by atoms with Crippen molar-refractivity contribution in [3.05, 3.63) is 0 Å². The molecule has 0 saturated heterocycles. The summed E-state index contributed by atoms with van der Waals surface area (Å²) in [5.41, 5.74) is 0. The highest BCUT2D eigenvalue weighted by Crippen LogP contribution is 2.11. The second-order valence-corrected chi connectivity index (χ2v) is 11.6. The molecule has 0 heterocycles. The molecule has 0 rings (SSSR count). The Morgan fingerprint density at radius 2 is 0.400 bits per heavy atom. The molecule has 0 aromatic heterocycles. The summed E-state index contributed by atoms with van der Waals surface area (Å²) >= 11 is 0. The van der Waals surface area contributed by atoms with Gasteiger partial charge in [-0.2, -0.15) is 0 Å². The Labute approximate surface area is 304 Å². The first-order chi connectivity index (χ1) is 24.9. The van der Waals surface area contributed by atoms with E-state index in [4.69, 9.17) is 61.9 Å². The molecule has 1 N–H and O–H groups in total. The fourth-order valence-electron chi connectivity index (χ4n) is 4.45. The molecule has 0 saturated carbocycles. The third kappa shape index (κ3) is 47.5. The first-order valence-electron chi connectivity index (χ1n) is 19.5. The fourth-order valence-corrected chi connectivity index (χ4v) is 4.45. The number of aliphatic hydroxyl groups is 1. The van der Waals surface area contributed by atoms with Crippen molar-refractivity contribution in [3.8, 4) is 0 Å². The van der Waals surface area contributed by atoms with Crippen LogP contribution in [0, 0.1) is 0 Å². The van der Waals surface area contributed by atoms with Crippen LogP contribution in [0.25, 0.3) is 0 Å². The van der Waals surface area contributed by atoms with Crippen LogP contribution in [0.5, 0.6) is 0 Å². The lowest BCUT2D eigenvalue weighted by Gasteiger charge is -2.09. The van der Waals surface area contributed by atoms with Crippen LogP contribution in [0.2, 0.25) is 0 Å². The number of hydrogen-bond acceptors (Lipinski definition) is 13. The van der Waals surface area contributed by atoms with Crippen molar-refractivity contribution < 1.29 is 61.9 Å². The van der Waals surface area contributed by atoms with Gasteiger partial charge >= 0.3 is 0 Å². The molecule has 0 radical (unpaired) electrons. The van der Waals surface area contributed by atoms with Crippen LogP contribution in [0.3, 0.4) is 0 Å². The molecule has 0 aliphatic heterocycles. The van der Waals surface area contributed by atoms with Gasteiger partial charge in [0.2, 0.25) is 0 Å². The van der Waals surface area contributed by atoms with Gasteiger partial charge in [0.05, 0.1) is 159 Å². The Morgan fingerprint density at radius 3 is 0.620 bits per heavy atom. The number of rotatable bonds is 47. The molecular weight excluding hydrogens is 652 g/mol. The van der Waals surface area contributed by atoms with E-state index in [2.05, 4.69) is 6.92 Å². The maximum Gasteiger partial charge on any atom is 0.0701 e. The van der Waals surface area contributed by atoms with Crippen molar-refractivity contribution in [2.75, 3.05) is 165 Å². The molecule has 0 aromatic rings. The first kappa shape index (κ1) is 49.5. The molecule has 13 nitrogen and oxygen atoms in total. The zero-order chi connectivity index (χ0) is 35.9. The molecule has 0 bridgehead atoms. The summed E-state index contributed by atoms with van der Waals surface area (Å²) in [6.07, 6.45) is 14.9. The molecule has 302 valence electrons. The van der Waals surface area contributed by atoms with Gasteiger partial charge in [-0.25, -0.2) is 0 Å². The summed E-state index contributed by atoms with van der Waals surface area (Å²) in [4.78, 5) is 0. The van der Waals surface area contributed by atoms with Crippen molar-refractivity contribution in [2.24, 2.45) is 0 Å². The van der Waals surface area contributed by atoms with Crippen molar-refractivity contribution in [1.29, 1.82) is 0 Å². The molecule has 13 heteroatoms. The molecular formula is C37H76O13. The summed E-state index contributed by atoms with van der Waals surface area (Å²) in [5.74, 6) is 0. The fraction of sp³-hybridized carbons (Fsp3) is 1.00. The topological polar surface area (TPSA) is 131 Å². The van der Waals surface area contributed by atoms with E-state index in [0.717, 1.165) is 13.0 Å². The van der Waals surface area contributed by atoms with Gasteiger partial charge in [0.1, 0.15) is 0 Å². The molecule has 0 aliphatic carbocycles. The van der Waals surface area contributed by atoms with Crippen LogP contribution < -0.4 is 0 Å². The van der Waals surface area contributed by atoms with Gasteiger partial charge in [-0.15, -0.1) is 0 Å². The van der Waals surface area contributed by atoms with Crippen LogP contribution in [0.4, 0.5) is 0 Å². The van der Waals surface area contributed by atoms with Gasteiger partial charge in [-0.3, -0.25) is 0 Å². The number of ether oxygens (including phenoxy) is 12. The lowest BCUT2D eigenvalue weighted by atomic mass is 10.1. The molecule has 0 fully saturated rings. The van der Waals surface area contributed by atoms with Crippen LogP contribution in [0.1, 0.15) is 77.6 Å². The van der Waals surface area contributed by atoms with Crippen molar-refractivity contribution in [2.45, 2.75) is 77.6 Å². The van der Waals surface area contributed by atoms with E-state index in [9.17, 15) is 0 Å². The molecule has 0 amide bonds. The van der Waals surface area contributed by atoms with Crippen molar-refractivity contribution in [1.82, 2.24) is 0 Å². The monoisotopic (exact) mass is 729 g/mol. The van der Waals surface area contributed by atoms with E-state index >= 15 is 0 Å². The van der Waals surface area contributed by atoms with Crippen LogP contribution in [-0.2, 0) is 56.8 Å². The molecule has 0 aliphatic rings. The minimum atomic E-state index is 0.0270. The average Bonchev–Trinajstić information content (AvgIpc) is 3.13. The Bertz CT molecular complexity index is 529. The van der Waals surface area contributed by atoms with E-state index < -0.39 is 0 Å². The second kappa shape index (κ2) is 48.5. The summed E-state index contributed by atoms with van der Waals surface area (Å²) < 4.78 is 65.5. The Kier molecular flexibility index (Phi) is 48.0. The Balaban J connectivity index is 3.04. The maximum absolute atomic E-state index is 8.59. The quantitative estimate of drug-likeness (QED) is 0.0885. The first-order valence-corrected chi connectivity index (χ1v) is 19.5. The SMILES string of the molecule is CCCCCCCCCCCCCOCCOCCOCCOCCOCCOCCOCCOCCOCCOCCOCCOCCO. The zero-order valence-electron chi connectivity index (χ0n) is 31.8. The number of aliphatic hydroxyl groups excluding tert-OH is 1. The minimum Gasteiger partial charge on any atom is -0.394 e. The summed E-state index contributed by atoms with van der Waals surface area (Å²) in [5, 5.41) is 8.59. The van der Waals surface area contributed by atoms with E-state index in [1.165, 1.54) is 64.2 Å². The van der Waals surface area contributed by atoms with E-state index in [1.807, 2.05) is 0 Å². The van der Waals surface area contributed by atoms with Gasteiger partial charge in [0.15, 0.2) is 0 Å². The smallest absolute Gasteiger partial charge is 0.0701 e. The minimum absolute atomic E-state index is 0.0270. The van der Waals surface area contributed by atoms with E-state index in [1.54, 1.807) is 0 Å². The second-order valence-electron chi connectivity index (χ2n) is 11.6. The standard InChI is InChI=1S/C37H76O13/c1-2-3-4-5-6-7-8-9-10-11-12-14-39-16-18-41-20-22-43-24-26-45-28-30-47-32-34-49-36-37-50-35-33-48-31-29-46-27-25-44-23-21-42-19-17-40-15-13-38/h38H,2-37H2,1H3. The highest BCUT2D eigenvalue weighted by atomic mass is 16.6. The average molecular weight is 729 g/mol. The van der Waals surface area contributed by atoms with E-state index in [-0.39, 0.29) is 6.61 Å². The Morgan fingerprint density at radius 1 is 0.220 bits per heavy atom. The predicted molar refractivity (Wildman–Crippen MR) is 193 cm³/mol. The van der Waals surface area contributed by atoms with Crippen molar-refractivity contribution >= 4 is 0 Å². The van der Waals surface area contributed by atoms with Crippen molar-refractivity contribution in [3.63, 3.8) is 0 Å². The molecule has 50 heavy (non-hydrogen) atoms. The zero-order valence-corrected chi connectivity index (χ0v) is 31.8. The summed E-state index contributed by atoms with van der Waals surface area (Å²) in [6.45, 7) is 15.1. The van der Waals surface area contributed by atoms with Gasteiger partial charge in [-0.1, -0.05) is 71.1 Å². The van der Waals surface area contributed by atoms with Gasteiger partial charge < -0.3 is 61.9 Å². The normalized spacial score (nSPS) is 11.6. The summed E-state index contributed by atoms with van der Waals surface area (Å²) in [7, 11) is 0. The van der Waals surface area contributed by atoms with Gasteiger partial charge in [0.25, 0.3) is 0 Å². The lowest BCUT2D eigenvalue weighted by Crippen LogP contribution is -2.15. The number of hydrogen-bond donors (Lipinski definition) is 1. The Hall–Kier alpha value is -0.520. The molecule has 0 unspecified atom stereocenters. The predicted octanol–water partition coefficient (Wildman–Crippen LogP) is 4.49. The summed E-state index contributed by atoms with van der Waals surface area (Å²) in [6, 6.07) is 0. The molecule has 0 spiro atoms. The highest BCUT2D eigenvalue weighted by Gasteiger charge is 1.98. The molecule has 0 atom stereocenters. The van der Waals surface area contributed by atoms with Crippen LogP contribution in [-0.4, -0.2) is 170 Å². The van der Waals surface area contributed by atoms with Gasteiger partial charge in [-0.05, 0) is 6.42 Å².